The molecule has 0 aliphatic rings. The van der Waals surface area contributed by atoms with Crippen molar-refractivity contribution in [2.24, 2.45) is 11.8 Å². The number of nitrogens with zero attached hydrogens (tertiary/aromatic N) is 1. The summed E-state index contributed by atoms with van der Waals surface area (Å²) in [6.45, 7) is 3.71. The molecule has 0 saturated heterocycles. The lowest BCUT2D eigenvalue weighted by Crippen LogP contribution is -2.33. The van der Waals surface area contributed by atoms with Crippen molar-refractivity contribution in [3.05, 3.63) is 28.0 Å². The van der Waals surface area contributed by atoms with Crippen molar-refractivity contribution in [3.63, 3.8) is 0 Å². The molecule has 0 bridgehead atoms. The van der Waals surface area contributed by atoms with Gasteiger partial charge in [0.05, 0.1) is 12.0 Å². The van der Waals surface area contributed by atoms with Crippen LogP contribution in [0.15, 0.2) is 16.5 Å². The highest BCUT2D eigenvalue weighted by molar-refractivity contribution is 5.91. The van der Waals surface area contributed by atoms with Gasteiger partial charge in [-0.15, -0.1) is 0 Å². The van der Waals surface area contributed by atoms with Crippen molar-refractivity contribution in [1.82, 2.24) is 5.32 Å². The smallest absolute Gasteiger partial charge is 0.433 e. The summed E-state index contributed by atoms with van der Waals surface area (Å²) in [6.07, 6.45) is 0.425. The Morgan fingerprint density at radius 3 is 2.55 bits per heavy atom. The molecule has 0 aromatic carbocycles. The third-order valence-electron chi connectivity index (χ3n) is 2.61. The Morgan fingerprint density at radius 1 is 1.45 bits per heavy atom. The van der Waals surface area contributed by atoms with Gasteiger partial charge in [0.15, 0.2) is 5.76 Å². The fourth-order valence-corrected chi connectivity index (χ4v) is 1.69. The van der Waals surface area contributed by atoms with Crippen molar-refractivity contribution in [1.29, 1.82) is 0 Å². The second-order valence-corrected chi connectivity index (χ2v) is 4.77. The van der Waals surface area contributed by atoms with Crippen LogP contribution in [0.25, 0.3) is 0 Å². The fourth-order valence-electron chi connectivity index (χ4n) is 1.69. The van der Waals surface area contributed by atoms with Crippen LogP contribution >= 0.6 is 0 Å². The van der Waals surface area contributed by atoms with Crippen LogP contribution < -0.4 is 5.32 Å². The number of amides is 1. The SMILES string of the molecule is CC(C)CC(CNC(=O)c1ccc([N+](=O)[O-])o1)C(=O)O. The monoisotopic (exact) mass is 284 g/mol. The van der Waals surface area contributed by atoms with E-state index in [1.54, 1.807) is 0 Å². The zero-order chi connectivity index (χ0) is 15.3. The van der Waals surface area contributed by atoms with E-state index in [0.717, 1.165) is 6.07 Å². The van der Waals surface area contributed by atoms with Crippen molar-refractivity contribution in [2.45, 2.75) is 20.3 Å². The molecule has 0 aliphatic heterocycles. The maximum absolute atomic E-state index is 11.7. The van der Waals surface area contributed by atoms with Crippen LogP contribution in [-0.4, -0.2) is 28.5 Å². The normalized spacial score (nSPS) is 12.2. The summed E-state index contributed by atoms with van der Waals surface area (Å²) >= 11 is 0. The molecule has 0 saturated carbocycles. The third kappa shape index (κ3) is 4.38. The number of nitrogens with one attached hydrogen (secondary N) is 1. The molecular formula is C12H16N2O6. The maximum atomic E-state index is 11.7. The number of hydrogen-bond acceptors (Lipinski definition) is 5. The molecule has 110 valence electrons. The van der Waals surface area contributed by atoms with E-state index in [0.29, 0.717) is 6.42 Å². The van der Waals surface area contributed by atoms with Crippen LogP contribution in [0.3, 0.4) is 0 Å². The minimum Gasteiger partial charge on any atom is -0.481 e. The molecule has 0 spiro atoms. The van der Waals surface area contributed by atoms with E-state index < -0.39 is 28.6 Å². The minimum atomic E-state index is -0.996. The van der Waals surface area contributed by atoms with Crippen molar-refractivity contribution in [3.8, 4) is 0 Å². The summed E-state index contributed by atoms with van der Waals surface area (Å²) in [5.41, 5.74) is 0. The Kier molecular flexibility index (Phi) is 5.24. The fraction of sp³-hybridized carbons (Fsp3) is 0.500. The van der Waals surface area contributed by atoms with Gasteiger partial charge in [0.2, 0.25) is 0 Å². The maximum Gasteiger partial charge on any atom is 0.433 e. The van der Waals surface area contributed by atoms with Gasteiger partial charge in [0.1, 0.15) is 4.92 Å². The van der Waals surface area contributed by atoms with E-state index in [2.05, 4.69) is 5.32 Å². The molecule has 20 heavy (non-hydrogen) atoms. The number of carboxylic acid groups (broad SMARTS) is 1. The lowest BCUT2D eigenvalue weighted by atomic mass is 9.97. The van der Waals surface area contributed by atoms with Crippen LogP contribution in [0.1, 0.15) is 30.8 Å². The van der Waals surface area contributed by atoms with Gasteiger partial charge in [0.25, 0.3) is 5.91 Å². The number of carbonyl (C=O) groups is 2. The Bertz CT molecular complexity index is 508. The standard InChI is InChI=1S/C12H16N2O6/c1-7(2)5-8(12(16)17)6-13-11(15)9-3-4-10(20-9)14(18)19/h3-4,7-8H,5-6H2,1-2H3,(H,13,15)(H,16,17). The number of rotatable bonds is 7. The minimum absolute atomic E-state index is 0.0547. The number of nitro groups is 1. The molecule has 1 amide bonds. The summed E-state index contributed by atoms with van der Waals surface area (Å²) < 4.78 is 4.72. The molecule has 1 aromatic heterocycles. The lowest BCUT2D eigenvalue weighted by molar-refractivity contribution is -0.402. The van der Waals surface area contributed by atoms with E-state index in [9.17, 15) is 19.7 Å². The first-order valence-corrected chi connectivity index (χ1v) is 6.06. The third-order valence-corrected chi connectivity index (χ3v) is 2.61. The molecule has 0 aliphatic carbocycles. The molecule has 1 atom stereocenters. The molecule has 8 nitrogen and oxygen atoms in total. The number of carboxylic acids is 1. The zero-order valence-corrected chi connectivity index (χ0v) is 11.2. The van der Waals surface area contributed by atoms with Gasteiger partial charge < -0.3 is 14.8 Å². The van der Waals surface area contributed by atoms with Gasteiger partial charge in [-0.2, -0.15) is 0 Å². The molecule has 1 rings (SSSR count). The summed E-state index contributed by atoms with van der Waals surface area (Å²) in [5, 5.41) is 21.8. The van der Waals surface area contributed by atoms with Gasteiger partial charge in [-0.3, -0.25) is 19.7 Å². The van der Waals surface area contributed by atoms with E-state index in [4.69, 9.17) is 9.52 Å². The van der Waals surface area contributed by atoms with E-state index in [1.807, 2.05) is 13.8 Å². The van der Waals surface area contributed by atoms with Crippen LogP contribution in [0.4, 0.5) is 5.88 Å². The predicted molar refractivity (Wildman–Crippen MR) is 68.3 cm³/mol. The van der Waals surface area contributed by atoms with Gasteiger partial charge in [-0.05, 0) is 18.4 Å². The Morgan fingerprint density at radius 2 is 2.10 bits per heavy atom. The number of aliphatic carboxylic acids is 1. The average Bonchev–Trinajstić information content (AvgIpc) is 2.82. The highest BCUT2D eigenvalue weighted by atomic mass is 16.6. The second kappa shape index (κ2) is 6.69. The van der Waals surface area contributed by atoms with Crippen molar-refractivity contribution >= 4 is 17.8 Å². The van der Waals surface area contributed by atoms with Crippen LogP contribution in [0.5, 0.6) is 0 Å². The first kappa shape index (κ1) is 15.7. The molecular weight excluding hydrogens is 268 g/mol. The van der Waals surface area contributed by atoms with Gasteiger partial charge in [-0.1, -0.05) is 13.8 Å². The summed E-state index contributed by atoms with van der Waals surface area (Å²) in [7, 11) is 0. The summed E-state index contributed by atoms with van der Waals surface area (Å²) in [6, 6.07) is 2.24. The first-order valence-electron chi connectivity index (χ1n) is 6.06. The number of hydrogen-bond donors (Lipinski definition) is 2. The number of furan rings is 1. The summed E-state index contributed by atoms with van der Waals surface area (Å²) in [4.78, 5) is 32.3. The van der Waals surface area contributed by atoms with E-state index in [1.165, 1.54) is 6.07 Å². The van der Waals surface area contributed by atoms with Gasteiger partial charge in [0, 0.05) is 6.54 Å². The molecule has 8 heteroatoms. The van der Waals surface area contributed by atoms with Crippen LogP contribution in [0.2, 0.25) is 0 Å². The second-order valence-electron chi connectivity index (χ2n) is 4.77. The average molecular weight is 284 g/mol. The van der Waals surface area contributed by atoms with Crippen molar-refractivity contribution in [2.75, 3.05) is 6.54 Å². The predicted octanol–water partition coefficient (Wildman–Crippen LogP) is 1.66. The highest BCUT2D eigenvalue weighted by Gasteiger charge is 2.22. The quantitative estimate of drug-likeness (QED) is 0.580. The molecule has 1 aromatic rings. The number of carbonyl (C=O) groups excluding carboxylic acids is 1. The molecule has 0 fully saturated rings. The molecule has 1 unspecified atom stereocenters. The Labute approximate surface area is 114 Å². The molecule has 0 radical (unpaired) electrons. The summed E-state index contributed by atoms with van der Waals surface area (Å²) in [5.74, 6) is -2.95. The Balaban J connectivity index is 2.60. The lowest BCUT2D eigenvalue weighted by Gasteiger charge is -2.14. The van der Waals surface area contributed by atoms with E-state index >= 15 is 0 Å². The molecule has 2 N–H and O–H groups in total. The topological polar surface area (TPSA) is 123 Å². The van der Waals surface area contributed by atoms with E-state index in [-0.39, 0.29) is 18.2 Å². The van der Waals surface area contributed by atoms with Gasteiger partial charge in [-0.25, -0.2) is 0 Å². The van der Waals surface area contributed by atoms with Crippen LogP contribution in [-0.2, 0) is 4.79 Å². The van der Waals surface area contributed by atoms with Gasteiger partial charge >= 0.3 is 11.9 Å². The first-order chi connectivity index (χ1) is 9.31. The Hall–Kier alpha value is -2.38. The largest absolute Gasteiger partial charge is 0.481 e. The molecule has 1 heterocycles. The van der Waals surface area contributed by atoms with Crippen molar-refractivity contribution < 1.29 is 24.0 Å². The zero-order valence-electron chi connectivity index (χ0n) is 11.2. The van der Waals surface area contributed by atoms with Crippen LogP contribution in [0, 0.1) is 22.0 Å². The highest BCUT2D eigenvalue weighted by Crippen LogP contribution is 2.16.